The summed E-state index contributed by atoms with van der Waals surface area (Å²) in [6.45, 7) is 9.49. The van der Waals surface area contributed by atoms with Crippen LogP contribution in [0.2, 0.25) is 0 Å². The number of amides is 1. The molecule has 1 aliphatic carbocycles. The molecule has 41 heavy (non-hydrogen) atoms. The van der Waals surface area contributed by atoms with Crippen molar-refractivity contribution in [3.8, 4) is 11.5 Å². The number of hydrogen-bond acceptors (Lipinski definition) is 8. The van der Waals surface area contributed by atoms with Crippen molar-refractivity contribution in [2.45, 2.75) is 90.8 Å². The van der Waals surface area contributed by atoms with Crippen LogP contribution in [0.1, 0.15) is 71.8 Å². The minimum Gasteiger partial charge on any atom is -0.493 e. The number of nitrogens with one attached hydrogen (secondary N) is 1. The standard InChI is InChI=1S/C32H54N2O7/c1-20(2)24(15-22-9-12-29(39-6)30(16-22)41-14-8-13-38-5)18-27(33)28(35)19-26(21(3)4)31(36)34-25-11-10-23(17-25)32(37)40-7/h9,12,16,20-21,23-28,35H,8,10-11,13-15,17-19,33H2,1-7H3,(H,34,36)/t23-,24+,25+,26+,27+,28+/m1/s1. The van der Waals surface area contributed by atoms with Crippen LogP contribution >= 0.6 is 0 Å². The number of aliphatic hydroxyl groups is 1. The van der Waals surface area contributed by atoms with Crippen molar-refractivity contribution in [1.29, 1.82) is 0 Å². The minimum absolute atomic E-state index is 0.0390. The largest absolute Gasteiger partial charge is 0.493 e. The molecule has 1 amide bonds. The third kappa shape index (κ3) is 11.1. The monoisotopic (exact) mass is 578 g/mol. The summed E-state index contributed by atoms with van der Waals surface area (Å²) in [6.07, 6.45) is 3.74. The van der Waals surface area contributed by atoms with Gasteiger partial charge >= 0.3 is 5.97 Å². The van der Waals surface area contributed by atoms with Gasteiger partial charge in [-0.1, -0.05) is 33.8 Å². The van der Waals surface area contributed by atoms with Crippen molar-refractivity contribution in [1.82, 2.24) is 5.32 Å². The Hall–Kier alpha value is -2.36. The van der Waals surface area contributed by atoms with Gasteiger partial charge in [-0.15, -0.1) is 0 Å². The lowest BCUT2D eigenvalue weighted by Crippen LogP contribution is -2.44. The molecule has 1 fully saturated rings. The maximum Gasteiger partial charge on any atom is 0.308 e. The number of esters is 1. The van der Waals surface area contributed by atoms with Gasteiger partial charge in [-0.25, -0.2) is 0 Å². The van der Waals surface area contributed by atoms with Crippen molar-refractivity contribution >= 4 is 11.9 Å². The highest BCUT2D eigenvalue weighted by atomic mass is 16.5. The van der Waals surface area contributed by atoms with Crippen molar-refractivity contribution in [3.05, 3.63) is 23.8 Å². The second-order valence-corrected chi connectivity index (χ2v) is 12.2. The number of aliphatic hydroxyl groups excluding tert-OH is 1. The van der Waals surface area contributed by atoms with Crippen LogP contribution < -0.4 is 20.5 Å². The average molecular weight is 579 g/mol. The van der Waals surface area contributed by atoms with E-state index in [1.54, 1.807) is 14.2 Å². The van der Waals surface area contributed by atoms with E-state index in [0.29, 0.717) is 56.3 Å². The number of ether oxygens (including phenoxy) is 4. The number of nitrogens with two attached hydrogens (primary N) is 1. The van der Waals surface area contributed by atoms with Gasteiger partial charge in [-0.3, -0.25) is 9.59 Å². The Bertz CT molecular complexity index is 939. The zero-order valence-corrected chi connectivity index (χ0v) is 26.2. The summed E-state index contributed by atoms with van der Waals surface area (Å²) in [5.74, 6) is 1.17. The first kappa shape index (κ1) is 34.8. The van der Waals surface area contributed by atoms with Crippen molar-refractivity contribution in [2.75, 3.05) is 34.5 Å². The van der Waals surface area contributed by atoms with Gasteiger partial charge in [0.15, 0.2) is 11.5 Å². The lowest BCUT2D eigenvalue weighted by molar-refractivity contribution is -0.145. The van der Waals surface area contributed by atoms with Crippen LogP contribution in [0.3, 0.4) is 0 Å². The van der Waals surface area contributed by atoms with Crippen LogP contribution in [0.25, 0.3) is 0 Å². The summed E-state index contributed by atoms with van der Waals surface area (Å²) in [5, 5.41) is 14.2. The first-order valence-corrected chi connectivity index (χ1v) is 15.1. The van der Waals surface area contributed by atoms with E-state index >= 15 is 0 Å². The van der Waals surface area contributed by atoms with E-state index in [9.17, 15) is 14.7 Å². The smallest absolute Gasteiger partial charge is 0.308 e. The van der Waals surface area contributed by atoms with Gasteiger partial charge < -0.3 is 35.1 Å². The molecule has 0 bridgehead atoms. The molecule has 0 unspecified atom stereocenters. The second-order valence-electron chi connectivity index (χ2n) is 12.2. The Kier molecular flexibility index (Phi) is 14.9. The molecule has 6 atom stereocenters. The molecule has 0 spiro atoms. The van der Waals surface area contributed by atoms with Crippen LogP contribution in [0.15, 0.2) is 18.2 Å². The quantitative estimate of drug-likeness (QED) is 0.175. The van der Waals surface area contributed by atoms with Crippen LogP contribution in [0.5, 0.6) is 11.5 Å². The maximum atomic E-state index is 13.2. The van der Waals surface area contributed by atoms with Crippen LogP contribution in [-0.4, -0.2) is 69.7 Å². The van der Waals surface area contributed by atoms with Gasteiger partial charge in [0.1, 0.15) is 0 Å². The highest BCUT2D eigenvalue weighted by Gasteiger charge is 2.35. The average Bonchev–Trinajstić information content (AvgIpc) is 3.41. The zero-order chi connectivity index (χ0) is 30.5. The third-order valence-corrected chi connectivity index (χ3v) is 8.44. The van der Waals surface area contributed by atoms with Gasteiger partial charge in [0, 0.05) is 38.1 Å². The zero-order valence-electron chi connectivity index (χ0n) is 26.2. The SMILES string of the molecule is COCCCOc1cc(C[C@@H](C[C@H](N)[C@@H](O)C[C@H](C(=O)N[C@H]2CC[C@@H](C(=O)OC)C2)C(C)C)C(C)C)ccc1OC. The Morgan fingerprint density at radius 1 is 1.02 bits per heavy atom. The van der Waals surface area contributed by atoms with E-state index in [1.165, 1.54) is 7.11 Å². The van der Waals surface area contributed by atoms with E-state index < -0.39 is 12.1 Å². The van der Waals surface area contributed by atoms with Gasteiger partial charge in [0.25, 0.3) is 0 Å². The fourth-order valence-corrected chi connectivity index (χ4v) is 5.67. The topological polar surface area (TPSA) is 129 Å². The number of methoxy groups -OCH3 is 3. The Morgan fingerprint density at radius 3 is 2.37 bits per heavy atom. The lowest BCUT2D eigenvalue weighted by atomic mass is 9.80. The third-order valence-electron chi connectivity index (χ3n) is 8.44. The fourth-order valence-electron chi connectivity index (χ4n) is 5.67. The molecule has 0 aliphatic heterocycles. The highest BCUT2D eigenvalue weighted by Crippen LogP contribution is 2.32. The molecule has 9 nitrogen and oxygen atoms in total. The van der Waals surface area contributed by atoms with Crippen molar-refractivity contribution in [2.24, 2.45) is 35.3 Å². The van der Waals surface area contributed by atoms with Gasteiger partial charge in [0.2, 0.25) is 5.91 Å². The van der Waals surface area contributed by atoms with Crippen LogP contribution in [-0.2, 0) is 25.5 Å². The molecule has 1 aliphatic rings. The fraction of sp³-hybridized carbons (Fsp3) is 0.750. The maximum absolute atomic E-state index is 13.2. The van der Waals surface area contributed by atoms with E-state index in [4.69, 9.17) is 24.7 Å². The number of rotatable bonds is 18. The second kappa shape index (κ2) is 17.6. The Balaban J connectivity index is 1.99. The molecule has 0 aromatic heterocycles. The van der Waals surface area contributed by atoms with E-state index in [1.807, 2.05) is 32.0 Å². The molecule has 2 rings (SSSR count). The Morgan fingerprint density at radius 2 is 1.76 bits per heavy atom. The van der Waals surface area contributed by atoms with Crippen LogP contribution in [0.4, 0.5) is 0 Å². The summed E-state index contributed by atoms with van der Waals surface area (Å²) in [7, 11) is 4.70. The van der Waals surface area contributed by atoms with E-state index in [2.05, 4.69) is 19.2 Å². The van der Waals surface area contributed by atoms with E-state index in [0.717, 1.165) is 24.8 Å². The first-order chi connectivity index (χ1) is 19.5. The van der Waals surface area contributed by atoms with Gasteiger partial charge in [-0.2, -0.15) is 0 Å². The van der Waals surface area contributed by atoms with Gasteiger partial charge in [-0.05, 0) is 74.0 Å². The molecular formula is C32H54N2O7. The molecule has 9 heteroatoms. The molecule has 0 radical (unpaired) electrons. The lowest BCUT2D eigenvalue weighted by Gasteiger charge is -2.30. The molecule has 0 heterocycles. The number of carbonyl (C=O) groups is 2. The van der Waals surface area contributed by atoms with E-state index in [-0.39, 0.29) is 41.6 Å². The molecule has 1 aromatic rings. The summed E-state index contributed by atoms with van der Waals surface area (Å²) in [4.78, 5) is 25.1. The summed E-state index contributed by atoms with van der Waals surface area (Å²) < 4.78 is 21.4. The highest BCUT2D eigenvalue weighted by molar-refractivity contribution is 5.79. The minimum atomic E-state index is -0.809. The Labute approximate surface area is 246 Å². The normalized spacial score (nSPS) is 20.0. The van der Waals surface area contributed by atoms with Crippen molar-refractivity contribution < 1.29 is 33.6 Å². The van der Waals surface area contributed by atoms with Crippen LogP contribution in [0, 0.1) is 29.6 Å². The predicted molar refractivity (Wildman–Crippen MR) is 160 cm³/mol. The predicted octanol–water partition coefficient (Wildman–Crippen LogP) is 4.12. The summed E-state index contributed by atoms with van der Waals surface area (Å²) in [6, 6.07) is 5.48. The molecule has 234 valence electrons. The molecule has 1 aromatic carbocycles. The number of hydrogen-bond donors (Lipinski definition) is 3. The summed E-state index contributed by atoms with van der Waals surface area (Å²) in [5.41, 5.74) is 7.69. The molecule has 1 saturated carbocycles. The summed E-state index contributed by atoms with van der Waals surface area (Å²) >= 11 is 0. The first-order valence-electron chi connectivity index (χ1n) is 15.1. The van der Waals surface area contributed by atoms with Crippen molar-refractivity contribution in [3.63, 3.8) is 0 Å². The molecular weight excluding hydrogens is 524 g/mol. The molecule has 4 N–H and O–H groups in total. The number of carbonyl (C=O) groups excluding carboxylic acids is 2. The van der Waals surface area contributed by atoms with Gasteiger partial charge in [0.05, 0.1) is 32.8 Å². The number of benzene rings is 1. The molecule has 0 saturated heterocycles.